The predicted molar refractivity (Wildman–Crippen MR) is 88.4 cm³/mol. The Bertz CT molecular complexity index is 877. The largest absolute Gasteiger partial charge is 0.341 e. The van der Waals surface area contributed by atoms with Gasteiger partial charge in [0.1, 0.15) is 0 Å². The van der Waals surface area contributed by atoms with Crippen molar-refractivity contribution in [2.45, 2.75) is 29.2 Å². The number of hydrogen-bond donors (Lipinski definition) is 0. The first-order valence-electron chi connectivity index (χ1n) is 7.75. The summed E-state index contributed by atoms with van der Waals surface area (Å²) in [7, 11) is -5.40. The second-order valence-electron chi connectivity index (χ2n) is 6.27. The van der Waals surface area contributed by atoms with E-state index in [-0.39, 0.29) is 28.9 Å². The first-order valence-corrected chi connectivity index (χ1v) is 11.0. The number of rotatable bonds is 5. The van der Waals surface area contributed by atoms with Gasteiger partial charge in [-0.05, 0) is 29.7 Å². The third-order valence-corrected chi connectivity index (χ3v) is 7.85. The molecule has 9 heteroatoms. The van der Waals surface area contributed by atoms with Crippen molar-refractivity contribution in [3.05, 3.63) is 29.3 Å². The Labute approximate surface area is 142 Å². The van der Waals surface area contributed by atoms with Crippen molar-refractivity contribution in [2.75, 3.05) is 26.7 Å². The van der Waals surface area contributed by atoms with Crippen LogP contribution in [-0.4, -0.2) is 58.6 Å². The number of likely N-dealkylation sites (N-methyl/N-ethyl adjacent to an activating group) is 1. The lowest BCUT2D eigenvalue weighted by Gasteiger charge is -2.21. The fourth-order valence-corrected chi connectivity index (χ4v) is 5.88. The highest BCUT2D eigenvalue weighted by Gasteiger charge is 2.29. The number of sulfonamides is 1. The first kappa shape index (κ1) is 17.4. The molecule has 0 radical (unpaired) electrons. The zero-order valence-electron chi connectivity index (χ0n) is 13.4. The van der Waals surface area contributed by atoms with Crippen LogP contribution >= 0.6 is 0 Å². The van der Waals surface area contributed by atoms with E-state index in [0.717, 1.165) is 6.42 Å². The van der Waals surface area contributed by atoms with Crippen LogP contribution in [-0.2, 0) is 36.2 Å². The average Bonchev–Trinajstić information content (AvgIpc) is 3.04. The molecule has 1 fully saturated rings. The minimum absolute atomic E-state index is 0.0322. The van der Waals surface area contributed by atoms with Gasteiger partial charge >= 0.3 is 0 Å². The quantitative estimate of drug-likeness (QED) is 0.744. The molecule has 1 saturated heterocycles. The van der Waals surface area contributed by atoms with Gasteiger partial charge in [0.25, 0.3) is 0 Å². The first-order chi connectivity index (χ1) is 11.2. The number of sulfone groups is 1. The van der Waals surface area contributed by atoms with E-state index in [1.165, 1.54) is 23.5 Å². The topological polar surface area (TPSA) is 91.8 Å². The zero-order chi connectivity index (χ0) is 17.5. The summed E-state index contributed by atoms with van der Waals surface area (Å²) in [5.74, 6) is -0.0867. The van der Waals surface area contributed by atoms with E-state index in [2.05, 4.69) is 0 Å². The highest BCUT2D eigenvalue weighted by Crippen LogP contribution is 2.28. The van der Waals surface area contributed by atoms with Gasteiger partial charge in [-0.15, -0.1) is 0 Å². The van der Waals surface area contributed by atoms with Crippen molar-refractivity contribution in [1.29, 1.82) is 0 Å². The number of likely N-dealkylation sites (tertiary alicyclic amines) is 1. The number of amides is 1. The van der Waals surface area contributed by atoms with Gasteiger partial charge in [-0.3, -0.25) is 4.79 Å². The molecule has 2 heterocycles. The third-order valence-electron chi connectivity index (χ3n) is 4.49. The van der Waals surface area contributed by atoms with Crippen LogP contribution in [0.1, 0.15) is 24.0 Å². The number of benzene rings is 1. The molecule has 24 heavy (non-hydrogen) atoms. The second-order valence-corrected chi connectivity index (χ2v) is 10.4. The molecule has 132 valence electrons. The molecule has 3 rings (SSSR count). The van der Waals surface area contributed by atoms with Crippen molar-refractivity contribution < 1.29 is 21.6 Å². The molecule has 1 aromatic carbocycles. The van der Waals surface area contributed by atoms with Crippen molar-refractivity contribution in [3.8, 4) is 0 Å². The zero-order valence-corrected chi connectivity index (χ0v) is 15.1. The van der Waals surface area contributed by atoms with Crippen LogP contribution < -0.4 is 0 Å². The van der Waals surface area contributed by atoms with Crippen LogP contribution in [0.4, 0.5) is 0 Å². The van der Waals surface area contributed by atoms with Gasteiger partial charge in [-0.25, -0.2) is 16.8 Å². The van der Waals surface area contributed by atoms with Gasteiger partial charge in [0.15, 0.2) is 9.84 Å². The molecule has 0 saturated carbocycles. The van der Waals surface area contributed by atoms with Crippen molar-refractivity contribution in [2.24, 2.45) is 0 Å². The van der Waals surface area contributed by atoms with Crippen LogP contribution in [0.2, 0.25) is 0 Å². The van der Waals surface area contributed by atoms with Gasteiger partial charge in [0.05, 0.1) is 16.4 Å². The molecular weight excluding hydrogens is 352 g/mol. The van der Waals surface area contributed by atoms with Crippen LogP contribution in [0.3, 0.4) is 0 Å². The monoisotopic (exact) mass is 372 g/mol. The molecule has 1 amide bonds. The summed E-state index contributed by atoms with van der Waals surface area (Å²) in [4.78, 5) is 13.4. The van der Waals surface area contributed by atoms with Crippen molar-refractivity contribution in [3.63, 3.8) is 0 Å². The lowest BCUT2D eigenvalue weighted by molar-refractivity contribution is -0.127. The maximum absolute atomic E-state index is 12.7. The van der Waals surface area contributed by atoms with E-state index in [9.17, 15) is 21.6 Å². The minimum atomic E-state index is -3.71. The highest BCUT2D eigenvalue weighted by atomic mass is 32.2. The normalized spacial score (nSPS) is 19.9. The third kappa shape index (κ3) is 3.33. The maximum Gasteiger partial charge on any atom is 0.242 e. The Hall–Kier alpha value is -1.45. The Kier molecular flexibility index (Phi) is 4.43. The maximum atomic E-state index is 12.7. The Morgan fingerprint density at radius 1 is 1.21 bits per heavy atom. The fraction of sp³-hybridized carbons (Fsp3) is 0.533. The SMILES string of the molecule is CN(CCN1CCCC1=O)S(=O)(=O)c1ccc2c(c1)CS(=O)(=O)C2. The number of hydrogen-bond acceptors (Lipinski definition) is 5. The van der Waals surface area contributed by atoms with E-state index in [0.29, 0.717) is 30.6 Å². The Balaban J connectivity index is 1.74. The molecule has 0 aromatic heterocycles. The van der Waals surface area contributed by atoms with Crippen LogP contribution in [0, 0.1) is 0 Å². The standard InChI is InChI=1S/C15H20N2O5S2/c1-16(7-8-17-6-2-3-15(17)18)24(21,22)14-5-4-12-10-23(19,20)11-13(12)9-14/h4-5,9H,2-3,6-8,10-11H2,1H3. The summed E-state index contributed by atoms with van der Waals surface area (Å²) in [6.45, 7) is 1.25. The van der Waals surface area contributed by atoms with Crippen molar-refractivity contribution in [1.82, 2.24) is 9.21 Å². The van der Waals surface area contributed by atoms with Crippen LogP contribution in [0.5, 0.6) is 0 Å². The number of fused-ring (bicyclic) bond motifs is 1. The molecule has 0 spiro atoms. The summed E-state index contributed by atoms with van der Waals surface area (Å²) >= 11 is 0. The van der Waals surface area contributed by atoms with Gasteiger partial charge < -0.3 is 4.90 Å². The van der Waals surface area contributed by atoms with E-state index < -0.39 is 19.9 Å². The average molecular weight is 372 g/mol. The van der Waals surface area contributed by atoms with E-state index in [1.54, 1.807) is 11.0 Å². The fourth-order valence-electron chi connectivity index (χ4n) is 3.06. The van der Waals surface area contributed by atoms with E-state index in [4.69, 9.17) is 0 Å². The predicted octanol–water partition coefficient (Wildman–Crippen LogP) is 0.358. The van der Waals surface area contributed by atoms with Gasteiger partial charge in [-0.2, -0.15) is 4.31 Å². The second kappa shape index (κ2) is 6.12. The molecule has 1 aromatic rings. The minimum Gasteiger partial charge on any atom is -0.341 e. The molecule has 2 aliphatic rings. The van der Waals surface area contributed by atoms with Crippen LogP contribution in [0.25, 0.3) is 0 Å². The molecule has 0 unspecified atom stereocenters. The lowest BCUT2D eigenvalue weighted by atomic mass is 10.1. The summed E-state index contributed by atoms with van der Waals surface area (Å²) in [6, 6.07) is 4.48. The smallest absolute Gasteiger partial charge is 0.242 e. The Morgan fingerprint density at radius 3 is 2.58 bits per heavy atom. The molecule has 0 N–H and O–H groups in total. The lowest BCUT2D eigenvalue weighted by Crippen LogP contribution is -2.36. The summed E-state index contributed by atoms with van der Waals surface area (Å²) in [5.41, 5.74) is 1.22. The number of carbonyl (C=O) groups is 1. The molecule has 7 nitrogen and oxygen atoms in total. The van der Waals surface area contributed by atoms with Crippen LogP contribution in [0.15, 0.2) is 23.1 Å². The van der Waals surface area contributed by atoms with Gasteiger partial charge in [0.2, 0.25) is 15.9 Å². The Morgan fingerprint density at radius 2 is 1.92 bits per heavy atom. The number of carbonyl (C=O) groups excluding carboxylic acids is 1. The summed E-state index contributed by atoms with van der Waals surface area (Å²) in [6.07, 6.45) is 1.34. The summed E-state index contributed by atoms with van der Waals surface area (Å²) in [5, 5.41) is 0. The summed E-state index contributed by atoms with van der Waals surface area (Å²) < 4.78 is 49.8. The van der Waals surface area contributed by atoms with Crippen molar-refractivity contribution >= 4 is 25.8 Å². The molecule has 0 aliphatic carbocycles. The van der Waals surface area contributed by atoms with E-state index in [1.807, 2.05) is 0 Å². The molecule has 0 bridgehead atoms. The molecule has 2 aliphatic heterocycles. The number of nitrogens with zero attached hydrogens (tertiary/aromatic N) is 2. The van der Waals surface area contributed by atoms with Gasteiger partial charge in [0, 0.05) is 33.1 Å². The van der Waals surface area contributed by atoms with E-state index >= 15 is 0 Å². The highest BCUT2D eigenvalue weighted by molar-refractivity contribution is 7.90. The molecular formula is C15H20N2O5S2. The van der Waals surface area contributed by atoms with Gasteiger partial charge in [-0.1, -0.05) is 6.07 Å². The molecule has 0 atom stereocenters.